The fourth-order valence-electron chi connectivity index (χ4n) is 2.57. The van der Waals surface area contributed by atoms with Crippen LogP contribution in [0.1, 0.15) is 13.3 Å². The number of carbonyl (C=O) groups is 2. The molecule has 1 aromatic carbocycles. The molecule has 1 aliphatic heterocycles. The minimum absolute atomic E-state index is 0.0660. The lowest BCUT2D eigenvalue weighted by atomic mass is 10.2. The van der Waals surface area contributed by atoms with Crippen LogP contribution in [0.2, 0.25) is 5.02 Å². The van der Waals surface area contributed by atoms with Crippen molar-refractivity contribution in [2.24, 2.45) is 0 Å². The Morgan fingerprint density at radius 1 is 1.42 bits per heavy atom. The Kier molecular flexibility index (Phi) is 5.71. The van der Waals surface area contributed by atoms with Gasteiger partial charge in [-0.1, -0.05) is 11.6 Å². The number of ether oxygens (including phenoxy) is 1. The highest BCUT2D eigenvalue weighted by atomic mass is 35.5. The molecule has 0 saturated carbocycles. The van der Waals surface area contributed by atoms with Crippen molar-refractivity contribution < 1.29 is 22.7 Å². The number of methoxy groups -OCH3 is 1. The molecule has 1 aromatic rings. The van der Waals surface area contributed by atoms with Crippen LogP contribution in [-0.2, 0) is 19.4 Å². The summed E-state index contributed by atoms with van der Waals surface area (Å²) in [5.74, 6) is -0.389. The first kappa shape index (κ1) is 18.5. The second-order valence-electron chi connectivity index (χ2n) is 5.59. The van der Waals surface area contributed by atoms with E-state index in [2.05, 4.69) is 5.32 Å². The summed E-state index contributed by atoms with van der Waals surface area (Å²) in [5, 5.41) is 3.06. The number of anilines is 1. The summed E-state index contributed by atoms with van der Waals surface area (Å²) >= 11 is 5.97. The molecule has 1 saturated heterocycles. The number of hydrogen-bond donors (Lipinski definition) is 1. The molecule has 1 unspecified atom stereocenters. The van der Waals surface area contributed by atoms with Crippen molar-refractivity contribution in [2.75, 3.05) is 30.1 Å². The van der Waals surface area contributed by atoms with Gasteiger partial charge in [0.25, 0.3) is 0 Å². The van der Waals surface area contributed by atoms with E-state index in [1.165, 1.54) is 25.0 Å². The molecule has 1 fully saturated rings. The summed E-state index contributed by atoms with van der Waals surface area (Å²) in [5.41, 5.74) is 0.381. The van der Waals surface area contributed by atoms with Crippen LogP contribution in [0, 0.1) is 0 Å². The third kappa shape index (κ3) is 4.61. The zero-order valence-corrected chi connectivity index (χ0v) is 15.0. The van der Waals surface area contributed by atoms with Gasteiger partial charge in [0.05, 0.1) is 24.3 Å². The lowest BCUT2D eigenvalue weighted by Crippen LogP contribution is -2.44. The third-order valence-corrected chi connectivity index (χ3v) is 5.71. The van der Waals surface area contributed by atoms with Crippen LogP contribution >= 0.6 is 11.6 Å². The Bertz CT molecular complexity index is 750. The molecule has 1 N–H and O–H groups in total. The van der Waals surface area contributed by atoms with E-state index in [4.69, 9.17) is 16.3 Å². The SMILES string of the molecule is COc1ccc(Cl)cc1N(CC(=O)NC1CCS(=O)(=O)C1)C(C)=O. The minimum Gasteiger partial charge on any atom is -0.495 e. The second-order valence-corrected chi connectivity index (χ2v) is 8.25. The van der Waals surface area contributed by atoms with Crippen molar-refractivity contribution in [3.05, 3.63) is 23.2 Å². The van der Waals surface area contributed by atoms with E-state index in [1.54, 1.807) is 12.1 Å². The normalized spacial score (nSPS) is 18.9. The Morgan fingerprint density at radius 2 is 2.12 bits per heavy atom. The number of rotatable bonds is 5. The summed E-state index contributed by atoms with van der Waals surface area (Å²) in [6.07, 6.45) is 0.384. The van der Waals surface area contributed by atoms with E-state index in [0.29, 0.717) is 22.9 Å². The molecule has 7 nitrogen and oxygen atoms in total. The summed E-state index contributed by atoms with van der Waals surface area (Å²) in [4.78, 5) is 25.4. The second kappa shape index (κ2) is 7.40. The molecule has 1 aliphatic rings. The largest absolute Gasteiger partial charge is 0.495 e. The van der Waals surface area contributed by atoms with Crippen molar-refractivity contribution in [2.45, 2.75) is 19.4 Å². The van der Waals surface area contributed by atoms with Gasteiger partial charge in [0.1, 0.15) is 12.3 Å². The molecule has 0 bridgehead atoms. The fraction of sp³-hybridized carbons (Fsp3) is 0.467. The monoisotopic (exact) mass is 374 g/mol. The van der Waals surface area contributed by atoms with Gasteiger partial charge in [-0.2, -0.15) is 0 Å². The average Bonchev–Trinajstić information content (AvgIpc) is 2.83. The van der Waals surface area contributed by atoms with Gasteiger partial charge in [-0.05, 0) is 24.6 Å². The van der Waals surface area contributed by atoms with E-state index >= 15 is 0 Å². The maximum atomic E-state index is 12.2. The molecule has 0 aliphatic carbocycles. The molecular formula is C15H19ClN2O5S. The van der Waals surface area contributed by atoms with E-state index in [0.717, 1.165) is 0 Å². The lowest BCUT2D eigenvalue weighted by molar-refractivity contribution is -0.123. The molecule has 132 valence electrons. The third-order valence-electron chi connectivity index (χ3n) is 3.71. The Hall–Kier alpha value is -1.80. The number of amides is 2. The number of nitrogens with zero attached hydrogens (tertiary/aromatic N) is 1. The lowest BCUT2D eigenvalue weighted by Gasteiger charge is -2.23. The number of halogens is 1. The first-order valence-corrected chi connectivity index (χ1v) is 9.53. The Morgan fingerprint density at radius 3 is 2.67 bits per heavy atom. The summed E-state index contributed by atoms with van der Waals surface area (Å²) in [6.45, 7) is 1.08. The highest BCUT2D eigenvalue weighted by molar-refractivity contribution is 7.91. The summed E-state index contributed by atoms with van der Waals surface area (Å²) in [6, 6.07) is 4.34. The van der Waals surface area contributed by atoms with Crippen LogP contribution in [0.25, 0.3) is 0 Å². The van der Waals surface area contributed by atoms with E-state index in [-0.39, 0.29) is 24.0 Å². The molecule has 1 heterocycles. The van der Waals surface area contributed by atoms with Gasteiger partial charge in [0, 0.05) is 18.0 Å². The van der Waals surface area contributed by atoms with Crippen molar-refractivity contribution >= 4 is 38.9 Å². The van der Waals surface area contributed by atoms with Gasteiger partial charge in [0.2, 0.25) is 11.8 Å². The summed E-state index contributed by atoms with van der Waals surface area (Å²) in [7, 11) is -1.63. The average molecular weight is 375 g/mol. The number of sulfone groups is 1. The first-order chi connectivity index (χ1) is 11.2. The van der Waals surface area contributed by atoms with Crippen LogP contribution in [0.3, 0.4) is 0 Å². The minimum atomic E-state index is -3.09. The maximum Gasteiger partial charge on any atom is 0.240 e. The fourth-order valence-corrected chi connectivity index (χ4v) is 4.41. The summed E-state index contributed by atoms with van der Waals surface area (Å²) < 4.78 is 28.1. The number of carbonyl (C=O) groups excluding carboxylic acids is 2. The van der Waals surface area contributed by atoms with Crippen molar-refractivity contribution in [3.63, 3.8) is 0 Å². The highest BCUT2D eigenvalue weighted by Crippen LogP contribution is 2.31. The van der Waals surface area contributed by atoms with Gasteiger partial charge in [-0.25, -0.2) is 8.42 Å². The molecule has 0 spiro atoms. The quantitative estimate of drug-likeness (QED) is 0.830. The highest BCUT2D eigenvalue weighted by Gasteiger charge is 2.29. The predicted molar refractivity (Wildman–Crippen MR) is 91.2 cm³/mol. The molecule has 9 heteroatoms. The van der Waals surface area contributed by atoms with E-state index < -0.39 is 21.8 Å². The molecular weight excluding hydrogens is 356 g/mol. The Balaban J connectivity index is 2.13. The standard InChI is InChI=1S/C15H19ClN2O5S/c1-10(19)18(13-7-11(16)3-4-14(13)23-2)8-15(20)17-12-5-6-24(21,22)9-12/h3-4,7,12H,5-6,8-9H2,1-2H3,(H,17,20). The topological polar surface area (TPSA) is 92.8 Å². The van der Waals surface area contributed by atoms with Crippen LogP contribution < -0.4 is 15.0 Å². The van der Waals surface area contributed by atoms with Crippen molar-refractivity contribution in [3.8, 4) is 5.75 Å². The number of benzene rings is 1. The Labute approximate surface area is 145 Å². The molecule has 0 radical (unpaired) electrons. The van der Waals surface area contributed by atoms with Crippen LogP contribution in [-0.4, -0.2) is 51.4 Å². The van der Waals surface area contributed by atoms with Crippen LogP contribution in [0.4, 0.5) is 5.69 Å². The number of hydrogen-bond acceptors (Lipinski definition) is 5. The van der Waals surface area contributed by atoms with Crippen molar-refractivity contribution in [1.29, 1.82) is 0 Å². The zero-order chi connectivity index (χ0) is 17.9. The van der Waals surface area contributed by atoms with Gasteiger partial charge in [-0.3, -0.25) is 14.5 Å². The molecule has 2 amide bonds. The molecule has 0 aromatic heterocycles. The van der Waals surface area contributed by atoms with Crippen molar-refractivity contribution in [1.82, 2.24) is 5.32 Å². The molecule has 2 rings (SSSR count). The van der Waals surface area contributed by atoms with Crippen LogP contribution in [0.15, 0.2) is 18.2 Å². The predicted octanol–water partition coefficient (Wildman–Crippen LogP) is 1.00. The maximum absolute atomic E-state index is 12.2. The van der Waals surface area contributed by atoms with E-state index in [1.807, 2.05) is 0 Å². The van der Waals surface area contributed by atoms with Crippen LogP contribution in [0.5, 0.6) is 5.75 Å². The van der Waals surface area contributed by atoms with Gasteiger partial charge in [-0.15, -0.1) is 0 Å². The molecule has 24 heavy (non-hydrogen) atoms. The number of nitrogens with one attached hydrogen (secondary N) is 1. The van der Waals surface area contributed by atoms with Gasteiger partial charge < -0.3 is 10.1 Å². The molecule has 1 atom stereocenters. The van der Waals surface area contributed by atoms with Gasteiger partial charge in [0.15, 0.2) is 9.84 Å². The zero-order valence-electron chi connectivity index (χ0n) is 13.4. The van der Waals surface area contributed by atoms with E-state index in [9.17, 15) is 18.0 Å². The smallest absolute Gasteiger partial charge is 0.240 e. The first-order valence-electron chi connectivity index (χ1n) is 7.33. The van der Waals surface area contributed by atoms with Gasteiger partial charge >= 0.3 is 0 Å².